The van der Waals surface area contributed by atoms with Crippen LogP contribution in [0.25, 0.3) is 22.0 Å². The molecule has 3 nitrogen and oxygen atoms in total. The number of thiophene rings is 1. The third-order valence-corrected chi connectivity index (χ3v) is 4.56. The van der Waals surface area contributed by atoms with Crippen molar-refractivity contribution < 1.29 is 4.79 Å². The van der Waals surface area contributed by atoms with E-state index >= 15 is 0 Å². The van der Waals surface area contributed by atoms with Crippen LogP contribution in [0.2, 0.25) is 0 Å². The molecule has 116 valence electrons. The summed E-state index contributed by atoms with van der Waals surface area (Å²) in [5, 5.41) is 8.16. The van der Waals surface area contributed by atoms with E-state index in [0.29, 0.717) is 5.56 Å². The van der Waals surface area contributed by atoms with Gasteiger partial charge in [0.05, 0.1) is 11.2 Å². The maximum atomic E-state index is 12.6. The second kappa shape index (κ2) is 6.26. The molecule has 2 aromatic heterocycles. The number of fused-ring (bicyclic) bond motifs is 1. The van der Waals surface area contributed by atoms with Crippen LogP contribution in [0.4, 0.5) is 5.69 Å². The van der Waals surface area contributed by atoms with Crippen LogP contribution in [0.1, 0.15) is 10.4 Å². The lowest BCUT2D eigenvalue weighted by Gasteiger charge is -2.13. The van der Waals surface area contributed by atoms with Crippen LogP contribution >= 0.6 is 11.3 Å². The fourth-order valence-corrected chi connectivity index (χ4v) is 3.36. The minimum atomic E-state index is -0.134. The fourth-order valence-electron chi connectivity index (χ4n) is 2.71. The molecular formula is C20H14N2OS. The highest BCUT2D eigenvalue weighted by Crippen LogP contribution is 2.35. The van der Waals surface area contributed by atoms with Crippen molar-refractivity contribution in [2.75, 3.05) is 5.32 Å². The van der Waals surface area contributed by atoms with Crippen LogP contribution in [-0.2, 0) is 0 Å². The molecule has 0 atom stereocenters. The van der Waals surface area contributed by atoms with Gasteiger partial charge in [0.15, 0.2) is 0 Å². The Morgan fingerprint density at radius 3 is 2.62 bits per heavy atom. The van der Waals surface area contributed by atoms with Crippen molar-refractivity contribution in [3.63, 3.8) is 0 Å². The molecular weight excluding hydrogens is 316 g/mol. The maximum Gasteiger partial charge on any atom is 0.255 e. The van der Waals surface area contributed by atoms with Crippen molar-refractivity contribution in [2.45, 2.75) is 0 Å². The Morgan fingerprint density at radius 2 is 1.83 bits per heavy atom. The SMILES string of the molecule is O=C(Nc1c(-c2ccsc2)ccc2cccnc12)c1ccccc1. The molecule has 4 heteroatoms. The van der Waals surface area contributed by atoms with Crippen molar-refractivity contribution in [3.05, 3.63) is 83.2 Å². The molecule has 2 aromatic carbocycles. The highest BCUT2D eigenvalue weighted by Gasteiger charge is 2.14. The molecule has 0 bridgehead atoms. The minimum absolute atomic E-state index is 0.134. The highest BCUT2D eigenvalue weighted by atomic mass is 32.1. The largest absolute Gasteiger partial charge is 0.320 e. The van der Waals surface area contributed by atoms with E-state index in [1.807, 2.05) is 53.9 Å². The number of benzene rings is 2. The molecule has 0 fully saturated rings. The van der Waals surface area contributed by atoms with Crippen molar-refractivity contribution in [3.8, 4) is 11.1 Å². The van der Waals surface area contributed by atoms with Crippen molar-refractivity contribution in [1.82, 2.24) is 4.98 Å². The molecule has 1 N–H and O–H groups in total. The summed E-state index contributed by atoms with van der Waals surface area (Å²) >= 11 is 1.63. The quantitative estimate of drug-likeness (QED) is 0.560. The number of amides is 1. The topological polar surface area (TPSA) is 42.0 Å². The van der Waals surface area contributed by atoms with Gasteiger partial charge in [0.25, 0.3) is 5.91 Å². The van der Waals surface area contributed by atoms with Crippen molar-refractivity contribution in [2.24, 2.45) is 0 Å². The Labute approximate surface area is 143 Å². The molecule has 0 aliphatic heterocycles. The number of pyridine rings is 1. The Bertz CT molecular complexity index is 995. The fraction of sp³-hybridized carbons (Fsp3) is 0. The molecule has 1 amide bonds. The van der Waals surface area contributed by atoms with Gasteiger partial charge in [-0.15, -0.1) is 0 Å². The van der Waals surface area contributed by atoms with E-state index in [1.165, 1.54) is 0 Å². The van der Waals surface area contributed by atoms with E-state index in [4.69, 9.17) is 0 Å². The molecule has 0 saturated heterocycles. The van der Waals surface area contributed by atoms with E-state index in [0.717, 1.165) is 27.7 Å². The number of anilines is 1. The zero-order valence-electron chi connectivity index (χ0n) is 12.8. The van der Waals surface area contributed by atoms with E-state index in [1.54, 1.807) is 29.7 Å². The second-order valence-corrected chi connectivity index (χ2v) is 6.18. The molecule has 2 heterocycles. The van der Waals surface area contributed by atoms with E-state index in [-0.39, 0.29) is 5.91 Å². The van der Waals surface area contributed by atoms with Gasteiger partial charge < -0.3 is 5.32 Å². The predicted octanol–water partition coefficient (Wildman–Crippen LogP) is 5.22. The zero-order chi connectivity index (χ0) is 16.4. The Hall–Kier alpha value is -2.98. The van der Waals surface area contributed by atoms with Gasteiger partial charge >= 0.3 is 0 Å². The van der Waals surface area contributed by atoms with Gasteiger partial charge in [-0.3, -0.25) is 9.78 Å². The molecule has 4 aromatic rings. The first-order valence-electron chi connectivity index (χ1n) is 7.59. The third-order valence-electron chi connectivity index (χ3n) is 3.88. The maximum absolute atomic E-state index is 12.6. The first-order chi connectivity index (χ1) is 11.8. The summed E-state index contributed by atoms with van der Waals surface area (Å²) in [5.74, 6) is -0.134. The highest BCUT2D eigenvalue weighted by molar-refractivity contribution is 7.08. The molecule has 0 aliphatic rings. The van der Waals surface area contributed by atoms with Gasteiger partial charge in [0, 0.05) is 22.7 Å². The summed E-state index contributed by atoms with van der Waals surface area (Å²) in [6.45, 7) is 0. The first kappa shape index (κ1) is 14.6. The van der Waals surface area contributed by atoms with Crippen LogP contribution in [0.5, 0.6) is 0 Å². The van der Waals surface area contributed by atoms with Crippen LogP contribution in [0.15, 0.2) is 77.6 Å². The van der Waals surface area contributed by atoms with E-state index < -0.39 is 0 Å². The van der Waals surface area contributed by atoms with Gasteiger partial charge in [0.1, 0.15) is 0 Å². The number of rotatable bonds is 3. The lowest BCUT2D eigenvalue weighted by molar-refractivity contribution is 0.102. The molecule has 24 heavy (non-hydrogen) atoms. The summed E-state index contributed by atoms with van der Waals surface area (Å²) in [7, 11) is 0. The predicted molar refractivity (Wildman–Crippen MR) is 99.5 cm³/mol. The second-order valence-electron chi connectivity index (χ2n) is 5.40. The number of nitrogens with zero attached hydrogens (tertiary/aromatic N) is 1. The van der Waals surface area contributed by atoms with Crippen molar-refractivity contribution in [1.29, 1.82) is 0 Å². The summed E-state index contributed by atoms with van der Waals surface area (Å²) < 4.78 is 0. The Kier molecular flexibility index (Phi) is 3.81. The van der Waals surface area contributed by atoms with Crippen LogP contribution in [0.3, 0.4) is 0 Å². The Balaban J connectivity index is 1.85. The van der Waals surface area contributed by atoms with Crippen molar-refractivity contribution >= 4 is 33.8 Å². The Morgan fingerprint density at radius 1 is 0.958 bits per heavy atom. The molecule has 0 saturated carbocycles. The third kappa shape index (κ3) is 2.68. The minimum Gasteiger partial charge on any atom is -0.320 e. The average molecular weight is 330 g/mol. The van der Waals surface area contributed by atoms with Crippen LogP contribution in [-0.4, -0.2) is 10.9 Å². The molecule has 0 spiro atoms. The van der Waals surface area contributed by atoms with Gasteiger partial charge in [-0.25, -0.2) is 0 Å². The standard InChI is InChI=1S/C20H14N2OS/c23-20(15-5-2-1-3-6-15)22-19-17(16-10-12-24-13-16)9-8-14-7-4-11-21-18(14)19/h1-13H,(H,22,23). The molecule has 4 rings (SSSR count). The zero-order valence-corrected chi connectivity index (χ0v) is 13.6. The summed E-state index contributed by atoms with van der Waals surface area (Å²) in [6, 6.07) is 19.2. The summed E-state index contributed by atoms with van der Waals surface area (Å²) in [5.41, 5.74) is 4.23. The van der Waals surface area contributed by atoms with Gasteiger partial charge in [0.2, 0.25) is 0 Å². The van der Waals surface area contributed by atoms with Gasteiger partial charge in [-0.05, 0) is 40.6 Å². The van der Waals surface area contributed by atoms with E-state index in [9.17, 15) is 4.79 Å². The first-order valence-corrected chi connectivity index (χ1v) is 8.54. The number of aromatic nitrogens is 1. The normalized spacial score (nSPS) is 10.7. The number of carbonyl (C=O) groups excluding carboxylic acids is 1. The lowest BCUT2D eigenvalue weighted by Crippen LogP contribution is -2.13. The van der Waals surface area contributed by atoms with E-state index in [2.05, 4.69) is 15.7 Å². The lowest BCUT2D eigenvalue weighted by atomic mass is 10.0. The van der Waals surface area contributed by atoms with Gasteiger partial charge in [-0.2, -0.15) is 11.3 Å². The number of hydrogen-bond acceptors (Lipinski definition) is 3. The number of nitrogens with one attached hydrogen (secondary N) is 1. The van der Waals surface area contributed by atoms with Crippen LogP contribution in [0, 0.1) is 0 Å². The average Bonchev–Trinajstić information content (AvgIpc) is 3.17. The molecule has 0 aliphatic carbocycles. The molecule has 0 radical (unpaired) electrons. The van der Waals surface area contributed by atoms with Crippen LogP contribution < -0.4 is 5.32 Å². The smallest absolute Gasteiger partial charge is 0.255 e. The molecule has 0 unspecified atom stereocenters. The monoisotopic (exact) mass is 330 g/mol. The number of hydrogen-bond donors (Lipinski definition) is 1. The summed E-state index contributed by atoms with van der Waals surface area (Å²) in [6.07, 6.45) is 1.75. The number of carbonyl (C=O) groups is 1. The summed E-state index contributed by atoms with van der Waals surface area (Å²) in [4.78, 5) is 17.1. The van der Waals surface area contributed by atoms with Gasteiger partial charge in [-0.1, -0.05) is 36.4 Å².